The number of thiophene rings is 1. The molecule has 1 atom stereocenters. The number of carbonyl (C=O) groups is 1. The van der Waals surface area contributed by atoms with Gasteiger partial charge in [0.2, 0.25) is 5.91 Å². The van der Waals surface area contributed by atoms with Crippen LogP contribution in [0.25, 0.3) is 10.8 Å². The summed E-state index contributed by atoms with van der Waals surface area (Å²) < 4.78 is 5.64. The van der Waals surface area contributed by atoms with Crippen LogP contribution in [0.3, 0.4) is 0 Å². The van der Waals surface area contributed by atoms with E-state index >= 15 is 0 Å². The van der Waals surface area contributed by atoms with E-state index in [1.807, 2.05) is 54.8 Å². The van der Waals surface area contributed by atoms with Crippen molar-refractivity contribution >= 4 is 29.0 Å². The molecule has 0 radical (unpaired) electrons. The molecule has 7 heteroatoms. The SMILES string of the molecule is CCC(Sc1nnc(-c2cccs2)o1)C(=O)NCc1ccccc1. The Morgan fingerprint density at radius 2 is 2.08 bits per heavy atom. The molecule has 0 aliphatic carbocycles. The van der Waals surface area contributed by atoms with E-state index in [-0.39, 0.29) is 11.2 Å². The third-order valence-corrected chi connectivity index (χ3v) is 5.41. The maximum Gasteiger partial charge on any atom is 0.277 e. The lowest BCUT2D eigenvalue weighted by atomic mass is 10.2. The Bertz CT molecular complexity index is 772. The summed E-state index contributed by atoms with van der Waals surface area (Å²) in [4.78, 5) is 13.3. The Balaban J connectivity index is 1.59. The Hall–Kier alpha value is -2.12. The standard InChI is InChI=1S/C17H17N3O2S2/c1-2-13(15(21)18-11-12-7-4-3-5-8-12)24-17-20-19-16(22-17)14-9-6-10-23-14/h3-10,13H,2,11H2,1H3,(H,18,21). The van der Waals surface area contributed by atoms with Gasteiger partial charge in [0.05, 0.1) is 10.1 Å². The summed E-state index contributed by atoms with van der Waals surface area (Å²) in [5, 5.41) is 13.1. The van der Waals surface area contributed by atoms with Gasteiger partial charge in [0.15, 0.2) is 0 Å². The molecule has 1 aromatic carbocycles. The molecule has 0 spiro atoms. The average molecular weight is 359 g/mol. The van der Waals surface area contributed by atoms with Gasteiger partial charge in [-0.3, -0.25) is 4.79 Å². The second-order valence-electron chi connectivity index (χ2n) is 5.07. The lowest BCUT2D eigenvalue weighted by molar-refractivity contribution is -0.120. The molecule has 0 fully saturated rings. The summed E-state index contributed by atoms with van der Waals surface area (Å²) in [5.74, 6) is 0.467. The molecule has 0 bridgehead atoms. The van der Waals surface area contributed by atoms with E-state index in [0.29, 0.717) is 24.1 Å². The van der Waals surface area contributed by atoms with Gasteiger partial charge in [-0.15, -0.1) is 21.5 Å². The number of thioether (sulfide) groups is 1. The molecule has 2 aromatic heterocycles. The minimum absolute atomic E-state index is 0.0257. The number of hydrogen-bond acceptors (Lipinski definition) is 6. The van der Waals surface area contributed by atoms with Crippen molar-refractivity contribution in [3.63, 3.8) is 0 Å². The molecule has 0 saturated carbocycles. The molecular formula is C17H17N3O2S2. The number of rotatable bonds is 7. The molecule has 5 nitrogen and oxygen atoms in total. The van der Waals surface area contributed by atoms with Crippen molar-refractivity contribution in [1.29, 1.82) is 0 Å². The summed E-state index contributed by atoms with van der Waals surface area (Å²) in [6.07, 6.45) is 0.683. The Labute approximate surface area is 148 Å². The van der Waals surface area contributed by atoms with Crippen molar-refractivity contribution in [3.8, 4) is 10.8 Å². The van der Waals surface area contributed by atoms with Crippen molar-refractivity contribution in [1.82, 2.24) is 15.5 Å². The van der Waals surface area contributed by atoms with E-state index in [4.69, 9.17) is 4.42 Å². The third-order valence-electron chi connectivity index (χ3n) is 3.35. The van der Waals surface area contributed by atoms with Crippen LogP contribution in [0.5, 0.6) is 0 Å². The van der Waals surface area contributed by atoms with Crippen LogP contribution in [0.2, 0.25) is 0 Å². The lowest BCUT2D eigenvalue weighted by Crippen LogP contribution is -2.31. The Morgan fingerprint density at radius 3 is 2.79 bits per heavy atom. The monoisotopic (exact) mass is 359 g/mol. The van der Waals surface area contributed by atoms with Gasteiger partial charge in [0.25, 0.3) is 11.1 Å². The topological polar surface area (TPSA) is 68.0 Å². The highest BCUT2D eigenvalue weighted by molar-refractivity contribution is 8.00. The molecule has 3 aromatic rings. The first kappa shape index (κ1) is 16.7. The van der Waals surface area contributed by atoms with Crippen molar-refractivity contribution in [2.75, 3.05) is 0 Å². The van der Waals surface area contributed by atoms with Gasteiger partial charge in [-0.1, -0.05) is 55.1 Å². The second-order valence-corrected chi connectivity index (χ2v) is 7.17. The maximum absolute atomic E-state index is 12.4. The first-order valence-corrected chi connectivity index (χ1v) is 9.38. The first-order valence-electron chi connectivity index (χ1n) is 7.62. The third kappa shape index (κ3) is 4.24. The van der Waals surface area contributed by atoms with Gasteiger partial charge >= 0.3 is 0 Å². The highest BCUT2D eigenvalue weighted by Crippen LogP contribution is 2.29. The normalized spacial score (nSPS) is 12.0. The van der Waals surface area contributed by atoms with Crippen LogP contribution in [0.1, 0.15) is 18.9 Å². The molecule has 1 unspecified atom stereocenters. The zero-order valence-corrected chi connectivity index (χ0v) is 14.8. The van der Waals surface area contributed by atoms with Crippen LogP contribution in [0.4, 0.5) is 0 Å². The van der Waals surface area contributed by atoms with Gasteiger partial charge in [0, 0.05) is 6.54 Å². The predicted octanol–water partition coefficient (Wildman–Crippen LogP) is 3.99. The lowest BCUT2D eigenvalue weighted by Gasteiger charge is -2.12. The molecule has 124 valence electrons. The second kappa shape index (κ2) is 8.12. The average Bonchev–Trinajstić information content (AvgIpc) is 3.29. The summed E-state index contributed by atoms with van der Waals surface area (Å²) in [5.41, 5.74) is 1.07. The van der Waals surface area contributed by atoms with Gasteiger partial charge in [-0.05, 0) is 23.4 Å². The van der Waals surface area contributed by atoms with Crippen LogP contribution in [-0.4, -0.2) is 21.4 Å². The minimum atomic E-state index is -0.259. The number of nitrogens with one attached hydrogen (secondary N) is 1. The van der Waals surface area contributed by atoms with Crippen LogP contribution >= 0.6 is 23.1 Å². The fourth-order valence-electron chi connectivity index (χ4n) is 2.10. The Morgan fingerprint density at radius 1 is 1.25 bits per heavy atom. The van der Waals surface area contributed by atoms with Crippen molar-refractivity contribution in [3.05, 3.63) is 53.4 Å². The number of amides is 1. The zero-order chi connectivity index (χ0) is 16.8. The summed E-state index contributed by atoms with van der Waals surface area (Å²) in [7, 11) is 0. The first-order chi connectivity index (χ1) is 11.8. The minimum Gasteiger partial charge on any atom is -0.410 e. The fourth-order valence-corrected chi connectivity index (χ4v) is 3.56. The predicted molar refractivity (Wildman–Crippen MR) is 95.8 cm³/mol. The van der Waals surface area contributed by atoms with Gasteiger partial charge < -0.3 is 9.73 Å². The van der Waals surface area contributed by atoms with Crippen LogP contribution < -0.4 is 5.32 Å². The molecule has 1 amide bonds. The number of nitrogens with zero attached hydrogens (tertiary/aromatic N) is 2. The molecule has 0 aliphatic rings. The largest absolute Gasteiger partial charge is 0.410 e. The zero-order valence-electron chi connectivity index (χ0n) is 13.1. The number of hydrogen-bond donors (Lipinski definition) is 1. The van der Waals surface area contributed by atoms with Gasteiger partial charge in [-0.2, -0.15) is 0 Å². The van der Waals surface area contributed by atoms with E-state index in [2.05, 4.69) is 15.5 Å². The van der Waals surface area contributed by atoms with E-state index in [9.17, 15) is 4.79 Å². The number of carbonyl (C=O) groups excluding carboxylic acids is 1. The van der Waals surface area contributed by atoms with Crippen molar-refractivity contribution in [2.45, 2.75) is 30.4 Å². The molecule has 0 aliphatic heterocycles. The van der Waals surface area contributed by atoms with Crippen LogP contribution in [0, 0.1) is 0 Å². The van der Waals surface area contributed by atoms with Gasteiger partial charge in [-0.25, -0.2) is 0 Å². The van der Waals surface area contributed by atoms with E-state index in [1.165, 1.54) is 11.8 Å². The van der Waals surface area contributed by atoms with Crippen LogP contribution in [0.15, 0.2) is 57.5 Å². The van der Waals surface area contributed by atoms with Crippen molar-refractivity contribution < 1.29 is 9.21 Å². The van der Waals surface area contributed by atoms with E-state index in [1.54, 1.807) is 11.3 Å². The van der Waals surface area contributed by atoms with E-state index in [0.717, 1.165) is 10.4 Å². The molecule has 3 rings (SSSR count). The van der Waals surface area contributed by atoms with E-state index < -0.39 is 0 Å². The highest BCUT2D eigenvalue weighted by atomic mass is 32.2. The molecule has 2 heterocycles. The van der Waals surface area contributed by atoms with Crippen molar-refractivity contribution in [2.24, 2.45) is 0 Å². The molecular weight excluding hydrogens is 342 g/mol. The molecule has 1 N–H and O–H groups in total. The summed E-state index contributed by atoms with van der Waals surface area (Å²) in [6, 6.07) is 13.7. The molecule has 24 heavy (non-hydrogen) atoms. The molecule has 0 saturated heterocycles. The van der Waals surface area contributed by atoms with Crippen LogP contribution in [-0.2, 0) is 11.3 Å². The summed E-state index contributed by atoms with van der Waals surface area (Å²) in [6.45, 7) is 2.48. The number of aromatic nitrogens is 2. The maximum atomic E-state index is 12.4. The Kier molecular flexibility index (Phi) is 5.66. The van der Waals surface area contributed by atoms with Gasteiger partial charge in [0.1, 0.15) is 0 Å². The highest BCUT2D eigenvalue weighted by Gasteiger charge is 2.21. The smallest absolute Gasteiger partial charge is 0.277 e. The number of benzene rings is 1. The fraction of sp³-hybridized carbons (Fsp3) is 0.235. The summed E-state index contributed by atoms with van der Waals surface area (Å²) >= 11 is 2.84. The quantitative estimate of drug-likeness (QED) is 0.646.